The van der Waals surface area contributed by atoms with Gasteiger partial charge in [0.1, 0.15) is 11.3 Å². The van der Waals surface area contributed by atoms with Crippen LogP contribution in [0.1, 0.15) is 57.5 Å². The predicted octanol–water partition coefficient (Wildman–Crippen LogP) is 7.28. The first kappa shape index (κ1) is 35.3. The summed E-state index contributed by atoms with van der Waals surface area (Å²) in [6.07, 6.45) is 0.657. The summed E-state index contributed by atoms with van der Waals surface area (Å²) in [6, 6.07) is 24.0. The smallest absolute Gasteiger partial charge is 0.406 e. The molecule has 5 aromatic rings. The highest BCUT2D eigenvalue weighted by atomic mass is 19.4. The van der Waals surface area contributed by atoms with Gasteiger partial charge in [0.25, 0.3) is 17.7 Å². The molecule has 0 bridgehead atoms. The number of ether oxygens (including phenoxy) is 1. The maximum absolute atomic E-state index is 14.9. The summed E-state index contributed by atoms with van der Waals surface area (Å²) >= 11 is 0. The van der Waals surface area contributed by atoms with Crippen LogP contribution in [0.15, 0.2) is 122 Å². The molecule has 3 aromatic carbocycles. The van der Waals surface area contributed by atoms with Crippen LogP contribution in [-0.4, -0.2) is 45.6 Å². The first-order valence-corrected chi connectivity index (χ1v) is 16.0. The maximum atomic E-state index is 14.9. The number of nitrogens with zero attached hydrogens (tertiary/aromatic N) is 3. The minimum absolute atomic E-state index is 0.0353. The molecule has 2 unspecified atom stereocenters. The number of nitrogens with one attached hydrogen (secondary N) is 3. The fourth-order valence-corrected chi connectivity index (χ4v) is 6.43. The van der Waals surface area contributed by atoms with Gasteiger partial charge in [-0.15, -0.1) is 13.2 Å². The molecule has 5 amide bonds. The summed E-state index contributed by atoms with van der Waals surface area (Å²) < 4.78 is 42.6. The Morgan fingerprint density at radius 2 is 1.19 bits per heavy atom. The maximum Gasteiger partial charge on any atom is 0.573 e. The molecule has 2 atom stereocenters. The number of rotatable bonds is 10. The molecule has 264 valence electrons. The monoisotopic (exact) mass is 708 g/mol. The van der Waals surface area contributed by atoms with E-state index in [9.17, 15) is 32.3 Å². The van der Waals surface area contributed by atoms with Crippen molar-refractivity contribution in [1.29, 1.82) is 0 Å². The SMILES string of the molecule is CC(c1ccncc1C(=O)Nc1ccccc1)C1(C(C)c2ccncc2C(=O)Nc2ccccc2)NC(=O)N(c2ccc(OC(F)(F)F)cc2)C1=O. The zero-order chi connectivity index (χ0) is 37.0. The summed E-state index contributed by atoms with van der Waals surface area (Å²) in [4.78, 5) is 65.3. The van der Waals surface area contributed by atoms with E-state index in [1.807, 2.05) is 0 Å². The standard InChI is InChI=1S/C38H31F3N6O5/c1-23(29-17-19-42-21-31(29)33(48)44-25-9-5-3-6-10-25)37(24(2)30-18-20-43-22-32(30)34(49)45-26-11-7-4-8-12-26)35(50)47(36(51)46-37)27-13-15-28(16-14-27)52-38(39,40)41/h3-24H,1-2H3,(H,44,48)(H,45,49)(H,46,51). The van der Waals surface area contributed by atoms with Crippen molar-refractivity contribution in [3.05, 3.63) is 144 Å². The van der Waals surface area contributed by atoms with Crippen molar-refractivity contribution in [3.8, 4) is 5.75 Å². The summed E-state index contributed by atoms with van der Waals surface area (Å²) in [5.41, 5.74) is 0.0639. The van der Waals surface area contributed by atoms with Gasteiger partial charge in [-0.25, -0.2) is 9.69 Å². The minimum atomic E-state index is -4.95. The molecule has 3 N–H and O–H groups in total. The zero-order valence-corrected chi connectivity index (χ0v) is 27.7. The zero-order valence-electron chi connectivity index (χ0n) is 27.7. The van der Waals surface area contributed by atoms with E-state index < -0.39 is 53.2 Å². The summed E-state index contributed by atoms with van der Waals surface area (Å²) in [5, 5.41) is 8.52. The van der Waals surface area contributed by atoms with Gasteiger partial charge < -0.3 is 20.7 Å². The largest absolute Gasteiger partial charge is 0.573 e. The van der Waals surface area contributed by atoms with Crippen LogP contribution in [0.4, 0.5) is 35.0 Å². The summed E-state index contributed by atoms with van der Waals surface area (Å²) in [6.45, 7) is 3.33. The fraction of sp³-hybridized carbons (Fsp3) is 0.158. The number of urea groups is 1. The Morgan fingerprint density at radius 1 is 0.731 bits per heavy atom. The molecule has 1 aliphatic rings. The first-order valence-electron chi connectivity index (χ1n) is 16.0. The quantitative estimate of drug-likeness (QED) is 0.129. The van der Waals surface area contributed by atoms with E-state index >= 15 is 0 Å². The Kier molecular flexibility index (Phi) is 9.73. The van der Waals surface area contributed by atoms with Crippen molar-refractivity contribution in [1.82, 2.24) is 15.3 Å². The minimum Gasteiger partial charge on any atom is -0.406 e. The van der Waals surface area contributed by atoms with E-state index in [-0.39, 0.29) is 16.8 Å². The van der Waals surface area contributed by atoms with Crippen LogP contribution in [-0.2, 0) is 4.79 Å². The molecule has 1 saturated heterocycles. The second kappa shape index (κ2) is 14.3. The van der Waals surface area contributed by atoms with Crippen LogP contribution < -0.4 is 25.6 Å². The summed E-state index contributed by atoms with van der Waals surface area (Å²) in [5.74, 6) is -4.30. The van der Waals surface area contributed by atoms with Gasteiger partial charge in [-0.05, 0) is 71.8 Å². The van der Waals surface area contributed by atoms with Crippen molar-refractivity contribution in [3.63, 3.8) is 0 Å². The van der Waals surface area contributed by atoms with Gasteiger partial charge in [0, 0.05) is 48.0 Å². The molecular formula is C38H31F3N6O5. The lowest BCUT2D eigenvalue weighted by Crippen LogP contribution is -2.55. The molecule has 1 fully saturated rings. The molecule has 14 heteroatoms. The number of hydrogen-bond acceptors (Lipinski definition) is 7. The van der Waals surface area contributed by atoms with Crippen LogP contribution in [0.25, 0.3) is 0 Å². The number of anilines is 3. The van der Waals surface area contributed by atoms with Crippen LogP contribution >= 0.6 is 0 Å². The van der Waals surface area contributed by atoms with E-state index in [4.69, 9.17) is 0 Å². The molecule has 11 nitrogen and oxygen atoms in total. The van der Waals surface area contributed by atoms with Crippen LogP contribution in [0, 0.1) is 0 Å². The topological polar surface area (TPSA) is 143 Å². The van der Waals surface area contributed by atoms with Crippen LogP contribution in [0.3, 0.4) is 0 Å². The number of benzene rings is 3. The molecule has 2 aromatic heterocycles. The van der Waals surface area contributed by atoms with Crippen molar-refractivity contribution in [2.75, 3.05) is 15.5 Å². The number of aromatic nitrogens is 2. The number of pyridine rings is 2. The van der Waals surface area contributed by atoms with Gasteiger partial charge in [0.15, 0.2) is 0 Å². The van der Waals surface area contributed by atoms with Gasteiger partial charge in [0.05, 0.1) is 16.8 Å². The molecule has 6 rings (SSSR count). The normalized spacial score (nSPS) is 16.8. The van der Waals surface area contributed by atoms with E-state index in [2.05, 4.69) is 30.7 Å². The number of imide groups is 1. The Morgan fingerprint density at radius 3 is 1.63 bits per heavy atom. The van der Waals surface area contributed by atoms with Crippen molar-refractivity contribution < 1.29 is 37.1 Å². The highest BCUT2D eigenvalue weighted by Crippen LogP contribution is 2.46. The van der Waals surface area contributed by atoms with Crippen LogP contribution in [0.5, 0.6) is 5.75 Å². The number of alkyl halides is 3. The second-order valence-electron chi connectivity index (χ2n) is 12.0. The summed E-state index contributed by atoms with van der Waals surface area (Å²) in [7, 11) is 0. The van der Waals surface area contributed by atoms with Crippen molar-refractivity contribution in [2.24, 2.45) is 0 Å². The average molecular weight is 709 g/mol. The van der Waals surface area contributed by atoms with Gasteiger partial charge in [0.2, 0.25) is 0 Å². The molecule has 0 aliphatic carbocycles. The predicted molar refractivity (Wildman–Crippen MR) is 186 cm³/mol. The Hall–Kier alpha value is -6.57. The number of carbonyl (C=O) groups excluding carboxylic acids is 4. The Bertz CT molecular complexity index is 2010. The lowest BCUT2D eigenvalue weighted by Gasteiger charge is -2.39. The molecule has 0 radical (unpaired) electrons. The Labute approximate surface area is 295 Å². The van der Waals surface area contributed by atoms with Crippen molar-refractivity contribution in [2.45, 2.75) is 37.6 Å². The molecule has 52 heavy (non-hydrogen) atoms. The number of hydrogen-bond donors (Lipinski definition) is 3. The Balaban J connectivity index is 1.45. The van der Waals surface area contributed by atoms with Gasteiger partial charge in [-0.3, -0.25) is 24.4 Å². The second-order valence-corrected chi connectivity index (χ2v) is 12.0. The first-order chi connectivity index (χ1) is 24.9. The number of halogens is 3. The van der Waals surface area contributed by atoms with E-state index in [0.29, 0.717) is 22.5 Å². The van der Waals surface area contributed by atoms with E-state index in [0.717, 1.165) is 29.2 Å². The third-order valence-corrected chi connectivity index (χ3v) is 8.96. The molecule has 1 aliphatic heterocycles. The number of para-hydroxylation sites is 2. The lowest BCUT2D eigenvalue weighted by molar-refractivity contribution is -0.274. The molecular weight excluding hydrogens is 677 g/mol. The lowest BCUT2D eigenvalue weighted by atomic mass is 9.68. The number of carbonyl (C=O) groups is 4. The molecule has 0 saturated carbocycles. The highest BCUT2D eigenvalue weighted by molar-refractivity contribution is 6.24. The third kappa shape index (κ3) is 7.03. The van der Waals surface area contributed by atoms with E-state index in [1.54, 1.807) is 86.6 Å². The van der Waals surface area contributed by atoms with Crippen LogP contribution in [0.2, 0.25) is 0 Å². The van der Waals surface area contributed by atoms with Gasteiger partial charge in [-0.1, -0.05) is 50.2 Å². The molecule has 3 heterocycles. The number of amides is 5. The highest BCUT2D eigenvalue weighted by Gasteiger charge is 2.59. The van der Waals surface area contributed by atoms with E-state index in [1.165, 1.54) is 24.8 Å². The third-order valence-electron chi connectivity index (χ3n) is 8.96. The fourth-order valence-electron chi connectivity index (χ4n) is 6.43. The molecule has 0 spiro atoms. The van der Waals surface area contributed by atoms with Gasteiger partial charge in [-0.2, -0.15) is 0 Å². The average Bonchev–Trinajstić information content (AvgIpc) is 3.41. The van der Waals surface area contributed by atoms with Crippen molar-refractivity contribution >= 4 is 40.8 Å². The van der Waals surface area contributed by atoms with Gasteiger partial charge >= 0.3 is 12.4 Å².